The minimum absolute atomic E-state index is 0.164. The Kier molecular flexibility index (Phi) is 7.62. The van der Waals surface area contributed by atoms with E-state index in [9.17, 15) is 18.0 Å². The second-order valence-corrected chi connectivity index (χ2v) is 9.41. The Hall–Kier alpha value is -4.56. The van der Waals surface area contributed by atoms with Gasteiger partial charge in [0, 0.05) is 54.7 Å². The quantitative estimate of drug-likeness (QED) is 0.353. The molecular formula is C29H27F3N6O2. The van der Waals surface area contributed by atoms with E-state index in [0.717, 1.165) is 37.6 Å². The zero-order chi connectivity index (χ0) is 28.3. The molecule has 0 spiro atoms. The number of ether oxygens (including phenoxy) is 1. The third-order valence-electron chi connectivity index (χ3n) is 6.61. The molecule has 11 heteroatoms. The minimum atomic E-state index is -4.88. The van der Waals surface area contributed by atoms with Crippen molar-refractivity contribution in [1.29, 1.82) is 0 Å². The lowest BCUT2D eigenvalue weighted by Crippen LogP contribution is -2.44. The molecular weight excluding hydrogens is 521 g/mol. The lowest BCUT2D eigenvalue weighted by Gasteiger charge is -2.34. The molecule has 3 heterocycles. The van der Waals surface area contributed by atoms with Crippen LogP contribution in [0.25, 0.3) is 11.0 Å². The van der Waals surface area contributed by atoms with E-state index in [1.54, 1.807) is 25.3 Å². The zero-order valence-electron chi connectivity index (χ0n) is 22.0. The van der Waals surface area contributed by atoms with E-state index in [1.165, 1.54) is 22.8 Å². The number of hydrogen-bond donors (Lipinski definition) is 1. The molecule has 2 aromatic heterocycles. The number of fused-ring (bicyclic) bond motifs is 1. The summed E-state index contributed by atoms with van der Waals surface area (Å²) in [6.45, 7) is 5.30. The molecule has 1 N–H and O–H groups in total. The molecule has 0 unspecified atom stereocenters. The molecule has 0 radical (unpaired) electrons. The molecule has 40 heavy (non-hydrogen) atoms. The van der Waals surface area contributed by atoms with Crippen LogP contribution in [0.5, 0.6) is 5.75 Å². The van der Waals surface area contributed by atoms with Gasteiger partial charge >= 0.3 is 6.36 Å². The van der Waals surface area contributed by atoms with Gasteiger partial charge in [0.15, 0.2) is 0 Å². The van der Waals surface area contributed by atoms with E-state index in [0.29, 0.717) is 5.39 Å². The van der Waals surface area contributed by atoms with Gasteiger partial charge in [-0.1, -0.05) is 24.1 Å². The molecule has 5 rings (SSSR count). The first-order chi connectivity index (χ1) is 19.2. The average molecular weight is 549 g/mol. The molecule has 1 saturated heterocycles. The number of pyridine rings is 1. The smallest absolute Gasteiger partial charge is 0.405 e. The molecule has 2 aromatic carbocycles. The van der Waals surface area contributed by atoms with Crippen LogP contribution in [-0.2, 0) is 6.54 Å². The van der Waals surface area contributed by atoms with Crippen molar-refractivity contribution >= 4 is 28.4 Å². The van der Waals surface area contributed by atoms with E-state index in [-0.39, 0.29) is 29.3 Å². The van der Waals surface area contributed by atoms with Crippen LogP contribution in [0.1, 0.15) is 18.1 Å². The van der Waals surface area contributed by atoms with Gasteiger partial charge in [0.1, 0.15) is 11.4 Å². The summed E-state index contributed by atoms with van der Waals surface area (Å²) in [5.41, 5.74) is 2.00. The van der Waals surface area contributed by atoms with Crippen LogP contribution in [0.15, 0.2) is 65.6 Å². The van der Waals surface area contributed by atoms with Crippen LogP contribution in [0.4, 0.5) is 30.5 Å². The fourth-order valence-corrected chi connectivity index (χ4v) is 4.57. The van der Waals surface area contributed by atoms with Gasteiger partial charge < -0.3 is 19.9 Å². The number of halogens is 3. The first kappa shape index (κ1) is 27.0. The maximum absolute atomic E-state index is 13.4. The number of para-hydroxylation sites is 1. The van der Waals surface area contributed by atoms with Gasteiger partial charge in [0.25, 0.3) is 5.56 Å². The van der Waals surface area contributed by atoms with Crippen LogP contribution < -0.4 is 20.5 Å². The van der Waals surface area contributed by atoms with Crippen LogP contribution in [-0.4, -0.2) is 59.0 Å². The number of piperazine rings is 1. The van der Waals surface area contributed by atoms with Crippen LogP contribution in [0.2, 0.25) is 0 Å². The Morgan fingerprint density at radius 1 is 1.05 bits per heavy atom. The summed E-state index contributed by atoms with van der Waals surface area (Å²) in [4.78, 5) is 26.9. The molecule has 8 nitrogen and oxygen atoms in total. The monoisotopic (exact) mass is 548 g/mol. The molecule has 0 atom stereocenters. The van der Waals surface area contributed by atoms with Crippen molar-refractivity contribution in [2.75, 3.05) is 43.4 Å². The lowest BCUT2D eigenvalue weighted by atomic mass is 10.1. The van der Waals surface area contributed by atoms with Gasteiger partial charge in [-0.3, -0.25) is 9.36 Å². The number of likely N-dealkylation sites (N-methyl/N-ethyl adjacent to an activating group) is 1. The van der Waals surface area contributed by atoms with E-state index in [4.69, 9.17) is 0 Å². The van der Waals surface area contributed by atoms with Crippen molar-refractivity contribution in [3.05, 3.63) is 82.3 Å². The number of alkyl halides is 3. The number of anilines is 3. The Morgan fingerprint density at radius 3 is 2.48 bits per heavy atom. The van der Waals surface area contributed by atoms with Crippen molar-refractivity contribution in [1.82, 2.24) is 19.4 Å². The summed E-state index contributed by atoms with van der Waals surface area (Å²) >= 11 is 0. The molecule has 0 amide bonds. The van der Waals surface area contributed by atoms with E-state index >= 15 is 0 Å². The van der Waals surface area contributed by atoms with Crippen molar-refractivity contribution < 1.29 is 17.9 Å². The van der Waals surface area contributed by atoms with Crippen LogP contribution in [0, 0.1) is 11.8 Å². The normalized spacial score (nSPS) is 14.1. The maximum atomic E-state index is 13.4. The van der Waals surface area contributed by atoms with Crippen molar-refractivity contribution in [2.45, 2.75) is 19.8 Å². The van der Waals surface area contributed by atoms with Crippen molar-refractivity contribution in [3.63, 3.8) is 0 Å². The number of nitrogens with one attached hydrogen (secondary N) is 1. The second kappa shape index (κ2) is 11.3. The molecule has 0 aliphatic carbocycles. The summed E-state index contributed by atoms with van der Waals surface area (Å²) in [5, 5.41) is 3.68. The first-order valence-electron chi connectivity index (χ1n) is 12.7. The third kappa shape index (κ3) is 6.18. The standard InChI is InChI=1S/C29H27F3N6O2/c1-3-6-20-17-22-18-33-28(34-23-9-11-24(12-10-23)37-15-13-36(2)14-16-37)35-26(22)38(27(20)39)19-21-7-4-5-8-25(21)40-29(30,31)32/h4-5,7-12,17-18H,13-16,19H2,1-2H3,(H,33,34,35). The van der Waals surface area contributed by atoms with E-state index in [1.807, 2.05) is 24.3 Å². The second-order valence-electron chi connectivity index (χ2n) is 9.41. The number of benzene rings is 2. The predicted molar refractivity (Wildman–Crippen MR) is 148 cm³/mol. The molecule has 0 saturated carbocycles. The molecule has 1 aliphatic heterocycles. The summed E-state index contributed by atoms with van der Waals surface area (Å²) in [6.07, 6.45) is -3.32. The summed E-state index contributed by atoms with van der Waals surface area (Å²) in [6, 6.07) is 15.2. The first-order valence-corrected chi connectivity index (χ1v) is 12.7. The Morgan fingerprint density at radius 2 is 1.77 bits per heavy atom. The molecule has 1 aliphatic rings. The van der Waals surface area contributed by atoms with E-state index < -0.39 is 17.7 Å². The van der Waals surface area contributed by atoms with Gasteiger partial charge in [0.2, 0.25) is 5.95 Å². The average Bonchev–Trinajstić information content (AvgIpc) is 2.92. The van der Waals surface area contributed by atoms with Gasteiger partial charge in [-0.15, -0.1) is 19.1 Å². The van der Waals surface area contributed by atoms with Crippen LogP contribution in [0.3, 0.4) is 0 Å². The largest absolute Gasteiger partial charge is 0.573 e. The molecule has 1 fully saturated rings. The Labute approximate surface area is 229 Å². The van der Waals surface area contributed by atoms with Crippen LogP contribution >= 0.6 is 0 Å². The fourth-order valence-electron chi connectivity index (χ4n) is 4.57. The maximum Gasteiger partial charge on any atom is 0.573 e. The fraction of sp³-hybridized carbons (Fsp3) is 0.276. The van der Waals surface area contributed by atoms with Gasteiger partial charge in [-0.2, -0.15) is 4.98 Å². The minimum Gasteiger partial charge on any atom is -0.405 e. The zero-order valence-corrected chi connectivity index (χ0v) is 22.0. The van der Waals surface area contributed by atoms with Crippen molar-refractivity contribution in [2.24, 2.45) is 0 Å². The van der Waals surface area contributed by atoms with Crippen molar-refractivity contribution in [3.8, 4) is 17.6 Å². The van der Waals surface area contributed by atoms with Gasteiger partial charge in [-0.25, -0.2) is 4.98 Å². The number of aromatic nitrogens is 3. The highest BCUT2D eigenvalue weighted by Crippen LogP contribution is 2.28. The van der Waals surface area contributed by atoms with E-state index in [2.05, 4.69) is 48.7 Å². The highest BCUT2D eigenvalue weighted by atomic mass is 19.4. The Bertz CT molecular complexity index is 1630. The third-order valence-corrected chi connectivity index (χ3v) is 6.61. The predicted octanol–water partition coefficient (Wildman–Crippen LogP) is 4.61. The molecule has 206 valence electrons. The summed E-state index contributed by atoms with van der Waals surface area (Å²) in [5.74, 6) is 5.31. The van der Waals surface area contributed by atoms with Gasteiger partial charge in [0.05, 0.1) is 12.1 Å². The van der Waals surface area contributed by atoms with Gasteiger partial charge in [-0.05, 0) is 50.4 Å². The number of hydrogen-bond acceptors (Lipinski definition) is 7. The number of nitrogens with zero attached hydrogens (tertiary/aromatic N) is 5. The molecule has 0 bridgehead atoms. The molecule has 4 aromatic rings. The topological polar surface area (TPSA) is 75.5 Å². The SMILES string of the molecule is CC#Cc1cc2cnc(Nc3ccc(N4CCN(C)CC4)cc3)nc2n(Cc2ccccc2OC(F)(F)F)c1=O. The lowest BCUT2D eigenvalue weighted by molar-refractivity contribution is -0.274. The summed E-state index contributed by atoms with van der Waals surface area (Å²) < 4.78 is 44.6. The summed E-state index contributed by atoms with van der Waals surface area (Å²) in [7, 11) is 2.11. The number of rotatable bonds is 6. The highest BCUT2D eigenvalue weighted by molar-refractivity contribution is 5.77. The Balaban J connectivity index is 1.48. The highest BCUT2D eigenvalue weighted by Gasteiger charge is 2.32.